The van der Waals surface area contributed by atoms with Gasteiger partial charge in [-0.05, 0) is 58.0 Å². The normalized spacial score (nSPS) is 19.6. The third kappa shape index (κ3) is 3.32. The molecule has 4 aromatic carbocycles. The monoisotopic (exact) mass is 431 g/mol. The van der Waals surface area contributed by atoms with Crippen molar-refractivity contribution in [2.24, 2.45) is 0 Å². The number of Topliss-reactive ketones (excluding diaryl/α,β-unsaturated/α-hetero) is 1. The summed E-state index contributed by atoms with van der Waals surface area (Å²) in [6, 6.07) is 31.1. The fourth-order valence-corrected chi connectivity index (χ4v) is 5.45. The maximum atomic E-state index is 13.7. The second-order valence-electron chi connectivity index (χ2n) is 8.89. The molecule has 33 heavy (non-hydrogen) atoms. The van der Waals surface area contributed by atoms with E-state index in [2.05, 4.69) is 78.1 Å². The van der Waals surface area contributed by atoms with Crippen LogP contribution in [0.15, 0.2) is 96.6 Å². The van der Waals surface area contributed by atoms with Crippen molar-refractivity contribution in [2.75, 3.05) is 12.4 Å². The van der Waals surface area contributed by atoms with E-state index in [4.69, 9.17) is 4.74 Å². The van der Waals surface area contributed by atoms with Crippen LogP contribution in [-0.4, -0.2) is 12.9 Å². The summed E-state index contributed by atoms with van der Waals surface area (Å²) in [5, 5.41) is 6.10. The number of allylic oxidation sites excluding steroid dienone is 1. The Kier molecular flexibility index (Phi) is 4.76. The number of fused-ring (bicyclic) bond motifs is 4. The van der Waals surface area contributed by atoms with Crippen LogP contribution in [0.3, 0.4) is 0 Å². The molecule has 0 spiro atoms. The number of anilines is 1. The second-order valence-corrected chi connectivity index (χ2v) is 8.89. The average Bonchev–Trinajstić information content (AvgIpc) is 2.88. The minimum Gasteiger partial charge on any atom is -0.497 e. The van der Waals surface area contributed by atoms with Crippen LogP contribution >= 0.6 is 0 Å². The zero-order valence-electron chi connectivity index (χ0n) is 18.5. The zero-order valence-corrected chi connectivity index (χ0v) is 18.5. The molecule has 3 heteroatoms. The van der Waals surface area contributed by atoms with Gasteiger partial charge in [0, 0.05) is 23.2 Å². The summed E-state index contributed by atoms with van der Waals surface area (Å²) < 4.78 is 5.35. The molecule has 2 atom stereocenters. The molecule has 0 amide bonds. The van der Waals surface area contributed by atoms with Gasteiger partial charge in [0.15, 0.2) is 5.78 Å². The van der Waals surface area contributed by atoms with Gasteiger partial charge in [0.05, 0.1) is 13.2 Å². The van der Waals surface area contributed by atoms with E-state index in [-0.39, 0.29) is 17.7 Å². The third-order valence-corrected chi connectivity index (χ3v) is 7.05. The van der Waals surface area contributed by atoms with Gasteiger partial charge in [-0.1, -0.05) is 72.8 Å². The fourth-order valence-electron chi connectivity index (χ4n) is 5.45. The molecule has 162 valence electrons. The Bertz CT molecular complexity index is 1390. The molecule has 0 fully saturated rings. The molecule has 0 saturated heterocycles. The number of carbonyl (C=O) groups excluding carboxylic acids is 1. The van der Waals surface area contributed by atoms with E-state index in [9.17, 15) is 4.79 Å². The Labute approximate surface area is 193 Å². The van der Waals surface area contributed by atoms with Crippen molar-refractivity contribution in [3.8, 4) is 5.75 Å². The number of methoxy groups -OCH3 is 1. The highest BCUT2D eigenvalue weighted by Crippen LogP contribution is 2.51. The molecule has 2 aliphatic rings. The molecule has 3 nitrogen and oxygen atoms in total. The van der Waals surface area contributed by atoms with E-state index in [0.29, 0.717) is 6.42 Å². The Morgan fingerprint density at radius 3 is 2.33 bits per heavy atom. The van der Waals surface area contributed by atoms with Crippen LogP contribution < -0.4 is 10.1 Å². The van der Waals surface area contributed by atoms with Crippen molar-refractivity contribution in [1.82, 2.24) is 0 Å². The maximum Gasteiger partial charge on any atom is 0.162 e. The van der Waals surface area contributed by atoms with Crippen molar-refractivity contribution >= 4 is 27.8 Å². The van der Waals surface area contributed by atoms with E-state index in [1.165, 1.54) is 27.5 Å². The van der Waals surface area contributed by atoms with Gasteiger partial charge >= 0.3 is 0 Å². The van der Waals surface area contributed by atoms with Crippen LogP contribution in [0.2, 0.25) is 0 Å². The van der Waals surface area contributed by atoms with E-state index in [0.717, 1.165) is 29.0 Å². The van der Waals surface area contributed by atoms with Crippen LogP contribution in [0, 0.1) is 0 Å². The zero-order chi connectivity index (χ0) is 22.4. The Balaban J connectivity index is 1.56. The summed E-state index contributed by atoms with van der Waals surface area (Å²) in [4.78, 5) is 13.7. The first-order valence-corrected chi connectivity index (χ1v) is 11.5. The van der Waals surface area contributed by atoms with Gasteiger partial charge in [0.2, 0.25) is 0 Å². The van der Waals surface area contributed by atoms with Crippen LogP contribution in [0.25, 0.3) is 16.3 Å². The quantitative estimate of drug-likeness (QED) is 0.383. The molecule has 0 radical (unpaired) electrons. The minimum absolute atomic E-state index is 0.163. The van der Waals surface area contributed by atoms with Crippen LogP contribution in [0.4, 0.5) is 5.69 Å². The predicted octanol–water partition coefficient (Wildman–Crippen LogP) is 6.92. The first-order valence-electron chi connectivity index (χ1n) is 11.5. The summed E-state index contributed by atoms with van der Waals surface area (Å²) >= 11 is 0. The van der Waals surface area contributed by atoms with E-state index in [1.807, 2.05) is 18.2 Å². The number of carbonyl (C=O) groups is 1. The lowest BCUT2D eigenvalue weighted by molar-refractivity contribution is -0.116. The molecule has 0 bridgehead atoms. The molecule has 0 aromatic heterocycles. The van der Waals surface area contributed by atoms with Crippen molar-refractivity contribution in [2.45, 2.75) is 24.8 Å². The second kappa shape index (κ2) is 7.93. The molecule has 0 saturated carbocycles. The predicted molar refractivity (Wildman–Crippen MR) is 134 cm³/mol. The molecule has 1 aliphatic heterocycles. The molecule has 1 aliphatic carbocycles. The van der Waals surface area contributed by atoms with Gasteiger partial charge in [0.1, 0.15) is 5.75 Å². The number of nitrogens with one attached hydrogen (secondary N) is 1. The van der Waals surface area contributed by atoms with Gasteiger partial charge in [-0.3, -0.25) is 4.79 Å². The SMILES string of the molecule is COc1ccc([C@@H]2Nc3ccc4ccccc4c3C3=C2C(=O)C[C@H](c2ccccc2)C3)cc1. The number of hydrogen-bond donors (Lipinski definition) is 1. The van der Waals surface area contributed by atoms with Crippen molar-refractivity contribution in [3.63, 3.8) is 0 Å². The van der Waals surface area contributed by atoms with Gasteiger partial charge in [-0.15, -0.1) is 0 Å². The molecule has 1 heterocycles. The lowest BCUT2D eigenvalue weighted by atomic mass is 9.71. The summed E-state index contributed by atoms with van der Waals surface area (Å²) in [5.74, 6) is 1.24. The minimum atomic E-state index is -0.163. The number of ether oxygens (including phenoxy) is 1. The summed E-state index contributed by atoms with van der Waals surface area (Å²) in [6.07, 6.45) is 1.40. The van der Waals surface area contributed by atoms with E-state index >= 15 is 0 Å². The largest absolute Gasteiger partial charge is 0.497 e. The highest BCUT2D eigenvalue weighted by atomic mass is 16.5. The maximum absolute atomic E-state index is 13.7. The van der Waals surface area contributed by atoms with Gasteiger partial charge in [-0.2, -0.15) is 0 Å². The van der Waals surface area contributed by atoms with Gasteiger partial charge in [-0.25, -0.2) is 0 Å². The van der Waals surface area contributed by atoms with E-state index in [1.54, 1.807) is 7.11 Å². The molecule has 4 aromatic rings. The third-order valence-electron chi connectivity index (χ3n) is 7.05. The number of hydrogen-bond acceptors (Lipinski definition) is 3. The first-order chi connectivity index (χ1) is 16.2. The fraction of sp³-hybridized carbons (Fsp3) is 0.167. The Hall–Kier alpha value is -3.85. The Morgan fingerprint density at radius 1 is 0.788 bits per heavy atom. The topological polar surface area (TPSA) is 38.3 Å². The van der Waals surface area contributed by atoms with Gasteiger partial charge < -0.3 is 10.1 Å². The molecule has 1 N–H and O–H groups in total. The van der Waals surface area contributed by atoms with Crippen molar-refractivity contribution in [1.29, 1.82) is 0 Å². The number of benzene rings is 4. The average molecular weight is 432 g/mol. The lowest BCUT2D eigenvalue weighted by Gasteiger charge is -2.37. The highest BCUT2D eigenvalue weighted by Gasteiger charge is 2.38. The molecule has 6 rings (SSSR count). The Morgan fingerprint density at radius 2 is 1.55 bits per heavy atom. The van der Waals surface area contributed by atoms with Crippen LogP contribution in [0.5, 0.6) is 5.75 Å². The molecule has 0 unspecified atom stereocenters. The molecular formula is C30H25NO2. The molecular weight excluding hydrogens is 406 g/mol. The standard InChI is InChI=1S/C30H25NO2/c1-33-23-14-11-21(12-15-23)30-29-25(17-22(18-27(29)32)19-7-3-2-4-8-19)28-24-10-6-5-9-20(24)13-16-26(28)31-30/h2-16,22,30-31H,17-18H2,1H3/t22-,30+/m1/s1. The van der Waals surface area contributed by atoms with Crippen LogP contribution in [0.1, 0.15) is 41.5 Å². The summed E-state index contributed by atoms with van der Waals surface area (Å²) in [5.41, 5.74) is 6.69. The first kappa shape index (κ1) is 19.8. The lowest BCUT2D eigenvalue weighted by Crippen LogP contribution is -2.29. The number of rotatable bonds is 3. The smallest absolute Gasteiger partial charge is 0.162 e. The van der Waals surface area contributed by atoms with E-state index < -0.39 is 0 Å². The van der Waals surface area contributed by atoms with Crippen molar-refractivity contribution < 1.29 is 9.53 Å². The number of ketones is 1. The van der Waals surface area contributed by atoms with Crippen LogP contribution in [-0.2, 0) is 4.79 Å². The summed E-state index contributed by atoms with van der Waals surface area (Å²) in [6.45, 7) is 0. The van der Waals surface area contributed by atoms with Crippen molar-refractivity contribution in [3.05, 3.63) is 113 Å². The summed E-state index contributed by atoms with van der Waals surface area (Å²) in [7, 11) is 1.67. The highest BCUT2D eigenvalue weighted by molar-refractivity contribution is 6.13. The van der Waals surface area contributed by atoms with Gasteiger partial charge in [0.25, 0.3) is 0 Å².